The number of rotatable bonds is 6. The van der Waals surface area contributed by atoms with Crippen LogP contribution in [-0.2, 0) is 14.3 Å². The number of para-hydroxylation sites is 1. The molecule has 0 saturated carbocycles. The summed E-state index contributed by atoms with van der Waals surface area (Å²) in [4.78, 5) is 39.1. The Balaban J connectivity index is 1.36. The number of carboxylic acids is 1. The van der Waals surface area contributed by atoms with E-state index in [4.69, 9.17) is 9.47 Å². The van der Waals surface area contributed by atoms with Crippen molar-refractivity contribution in [2.45, 2.75) is 56.3 Å². The molecule has 2 fully saturated rings. The fourth-order valence-corrected chi connectivity index (χ4v) is 6.14. The lowest BCUT2D eigenvalue weighted by Crippen LogP contribution is -2.61. The van der Waals surface area contributed by atoms with Crippen LogP contribution in [0.1, 0.15) is 61.1 Å². The molecule has 4 atom stereocenters. The number of carbonyl (C=O) groups is 3. The van der Waals surface area contributed by atoms with E-state index in [9.17, 15) is 19.5 Å². The van der Waals surface area contributed by atoms with Gasteiger partial charge in [-0.25, -0.2) is 0 Å². The number of hydrogen-bond acceptors (Lipinski definition) is 5. The Labute approximate surface area is 210 Å². The first-order valence-electron chi connectivity index (χ1n) is 12.6. The average Bonchev–Trinajstić information content (AvgIpc) is 3.29. The SMILES string of the molecule is C[C@@]1(CCC(=O)O)Oc2ccccc2[C@@H]2OC[C@]3(CCCN3C(=O)CNC(=O)c3ccccc3)C[C@H]21. The summed E-state index contributed by atoms with van der Waals surface area (Å²) in [6.07, 6.45) is 2.41. The van der Waals surface area contributed by atoms with Gasteiger partial charge in [-0.3, -0.25) is 14.4 Å². The number of fused-ring (bicyclic) bond motifs is 3. The summed E-state index contributed by atoms with van der Waals surface area (Å²) in [7, 11) is 0. The molecule has 0 aliphatic carbocycles. The van der Waals surface area contributed by atoms with Gasteiger partial charge >= 0.3 is 5.97 Å². The zero-order valence-electron chi connectivity index (χ0n) is 20.4. The topological polar surface area (TPSA) is 105 Å². The van der Waals surface area contributed by atoms with Crippen LogP contribution in [0.3, 0.4) is 0 Å². The predicted molar refractivity (Wildman–Crippen MR) is 132 cm³/mol. The second-order valence-corrected chi connectivity index (χ2v) is 10.3. The highest BCUT2D eigenvalue weighted by Crippen LogP contribution is 2.55. The fourth-order valence-electron chi connectivity index (χ4n) is 6.14. The Hall–Kier alpha value is -3.39. The fraction of sp³-hybridized carbons (Fsp3) is 0.464. The summed E-state index contributed by atoms with van der Waals surface area (Å²) in [6.45, 7) is 2.88. The molecule has 0 aromatic heterocycles. The first-order chi connectivity index (χ1) is 17.3. The minimum absolute atomic E-state index is 0.0109. The lowest BCUT2D eigenvalue weighted by molar-refractivity contribution is -0.179. The predicted octanol–water partition coefficient (Wildman–Crippen LogP) is 3.57. The van der Waals surface area contributed by atoms with E-state index in [1.54, 1.807) is 24.3 Å². The van der Waals surface area contributed by atoms with Crippen LogP contribution in [0, 0.1) is 5.92 Å². The molecule has 2 amide bonds. The van der Waals surface area contributed by atoms with Gasteiger partial charge in [0.1, 0.15) is 11.4 Å². The number of amides is 2. The van der Waals surface area contributed by atoms with Crippen LogP contribution in [0.5, 0.6) is 5.75 Å². The van der Waals surface area contributed by atoms with E-state index in [1.165, 1.54) is 0 Å². The third-order valence-corrected chi connectivity index (χ3v) is 8.02. The largest absolute Gasteiger partial charge is 0.487 e. The first-order valence-corrected chi connectivity index (χ1v) is 12.6. The van der Waals surface area contributed by atoms with Gasteiger partial charge in [-0.05, 0) is 50.8 Å². The molecule has 2 aromatic carbocycles. The van der Waals surface area contributed by atoms with Crippen molar-refractivity contribution in [2.75, 3.05) is 19.7 Å². The Morgan fingerprint density at radius 2 is 1.86 bits per heavy atom. The van der Waals surface area contributed by atoms with Crippen LogP contribution in [0.15, 0.2) is 54.6 Å². The number of ether oxygens (including phenoxy) is 2. The van der Waals surface area contributed by atoms with E-state index >= 15 is 0 Å². The molecule has 0 bridgehead atoms. The number of nitrogens with one attached hydrogen (secondary N) is 1. The summed E-state index contributed by atoms with van der Waals surface area (Å²) in [6, 6.07) is 16.6. The van der Waals surface area contributed by atoms with Crippen molar-refractivity contribution < 1.29 is 29.0 Å². The minimum atomic E-state index is -0.867. The van der Waals surface area contributed by atoms with Crippen molar-refractivity contribution in [1.29, 1.82) is 0 Å². The maximum absolute atomic E-state index is 13.3. The van der Waals surface area contributed by atoms with E-state index in [0.717, 1.165) is 24.2 Å². The highest BCUT2D eigenvalue weighted by atomic mass is 16.5. The highest BCUT2D eigenvalue weighted by Gasteiger charge is 2.57. The van der Waals surface area contributed by atoms with Crippen molar-refractivity contribution in [3.8, 4) is 5.75 Å². The molecule has 2 aromatic rings. The smallest absolute Gasteiger partial charge is 0.303 e. The van der Waals surface area contributed by atoms with Crippen molar-refractivity contribution in [2.24, 2.45) is 5.92 Å². The van der Waals surface area contributed by atoms with Gasteiger partial charge in [0.05, 0.1) is 24.8 Å². The minimum Gasteiger partial charge on any atom is -0.487 e. The van der Waals surface area contributed by atoms with Gasteiger partial charge in [0.15, 0.2) is 0 Å². The van der Waals surface area contributed by atoms with Crippen molar-refractivity contribution in [3.05, 3.63) is 65.7 Å². The van der Waals surface area contributed by atoms with Crippen molar-refractivity contribution in [1.82, 2.24) is 10.2 Å². The second kappa shape index (κ2) is 9.58. The lowest BCUT2D eigenvalue weighted by atomic mass is 9.68. The lowest BCUT2D eigenvalue weighted by Gasteiger charge is -2.54. The maximum atomic E-state index is 13.3. The number of hydrogen-bond donors (Lipinski definition) is 2. The van der Waals surface area contributed by atoms with Crippen LogP contribution in [0.4, 0.5) is 0 Å². The average molecular weight is 493 g/mol. The molecule has 8 heteroatoms. The van der Waals surface area contributed by atoms with Crippen LogP contribution in [-0.4, -0.2) is 58.6 Å². The Bertz CT molecular complexity index is 1150. The molecule has 3 heterocycles. The van der Waals surface area contributed by atoms with Crippen molar-refractivity contribution in [3.63, 3.8) is 0 Å². The van der Waals surface area contributed by atoms with Crippen LogP contribution < -0.4 is 10.1 Å². The molecular weight excluding hydrogens is 460 g/mol. The summed E-state index contributed by atoms with van der Waals surface area (Å²) in [5, 5.41) is 12.1. The molecule has 190 valence electrons. The number of carbonyl (C=O) groups excluding carboxylic acids is 2. The summed E-state index contributed by atoms with van der Waals surface area (Å²) >= 11 is 0. The van der Waals surface area contributed by atoms with E-state index in [2.05, 4.69) is 5.32 Å². The van der Waals surface area contributed by atoms with E-state index in [-0.39, 0.29) is 36.8 Å². The molecule has 8 nitrogen and oxygen atoms in total. The molecule has 2 saturated heterocycles. The molecule has 5 rings (SSSR count). The Morgan fingerprint density at radius 1 is 1.11 bits per heavy atom. The molecular formula is C28H32N2O6. The summed E-state index contributed by atoms with van der Waals surface area (Å²) < 4.78 is 13.0. The summed E-state index contributed by atoms with van der Waals surface area (Å²) in [5.41, 5.74) is 0.230. The summed E-state index contributed by atoms with van der Waals surface area (Å²) in [5.74, 6) is -0.675. The Morgan fingerprint density at radius 3 is 2.64 bits per heavy atom. The van der Waals surface area contributed by atoms with Gasteiger partial charge in [0.2, 0.25) is 5.91 Å². The monoisotopic (exact) mass is 492 g/mol. The molecule has 3 aliphatic heterocycles. The standard InChI is InChI=1S/C28H32N2O6/c1-27(14-12-24(32)33)21-16-28(18-35-25(21)20-10-5-6-11-22(20)36-27)13-7-15-30(28)23(31)17-29-26(34)19-8-3-2-4-9-19/h2-6,8-11,21,25H,7,12-18H2,1H3,(H,29,34)(H,32,33)/t21-,25+,27+,28+/m1/s1. The van der Waals surface area contributed by atoms with Gasteiger partial charge in [-0.15, -0.1) is 0 Å². The molecule has 0 radical (unpaired) electrons. The van der Waals surface area contributed by atoms with Crippen LogP contribution in [0.25, 0.3) is 0 Å². The van der Waals surface area contributed by atoms with Crippen LogP contribution in [0.2, 0.25) is 0 Å². The molecule has 3 aliphatic rings. The second-order valence-electron chi connectivity index (χ2n) is 10.3. The number of benzene rings is 2. The van der Waals surface area contributed by atoms with Gasteiger partial charge in [0, 0.05) is 30.0 Å². The molecule has 1 spiro atoms. The number of nitrogens with zero attached hydrogens (tertiary/aromatic N) is 1. The van der Waals surface area contributed by atoms with E-state index in [1.807, 2.05) is 42.2 Å². The van der Waals surface area contributed by atoms with E-state index in [0.29, 0.717) is 31.6 Å². The molecule has 0 unspecified atom stereocenters. The van der Waals surface area contributed by atoms with Gasteiger partial charge in [0.25, 0.3) is 5.91 Å². The number of carboxylic acid groups (broad SMARTS) is 1. The van der Waals surface area contributed by atoms with Gasteiger partial charge in [-0.1, -0.05) is 36.4 Å². The third kappa shape index (κ3) is 4.46. The molecule has 2 N–H and O–H groups in total. The maximum Gasteiger partial charge on any atom is 0.303 e. The number of aliphatic carboxylic acids is 1. The number of likely N-dealkylation sites (tertiary alicyclic amines) is 1. The quantitative estimate of drug-likeness (QED) is 0.639. The first kappa shape index (κ1) is 24.3. The normalized spacial score (nSPS) is 28.6. The highest BCUT2D eigenvalue weighted by molar-refractivity contribution is 5.96. The van der Waals surface area contributed by atoms with E-state index < -0.39 is 17.1 Å². The third-order valence-electron chi connectivity index (χ3n) is 8.02. The zero-order valence-corrected chi connectivity index (χ0v) is 20.4. The molecule has 36 heavy (non-hydrogen) atoms. The van der Waals surface area contributed by atoms with Crippen molar-refractivity contribution >= 4 is 17.8 Å². The van der Waals surface area contributed by atoms with Crippen LogP contribution >= 0.6 is 0 Å². The Kier molecular flexibility index (Phi) is 6.47. The zero-order chi connectivity index (χ0) is 25.3. The van der Waals surface area contributed by atoms with Gasteiger partial charge in [-0.2, -0.15) is 0 Å². The van der Waals surface area contributed by atoms with Gasteiger partial charge < -0.3 is 24.8 Å².